The average Bonchev–Trinajstić information content (AvgIpc) is 2.43. The smallest absolute Gasteiger partial charge is 0.220 e. The van der Waals surface area contributed by atoms with Gasteiger partial charge in [-0.1, -0.05) is 26.0 Å². The van der Waals surface area contributed by atoms with E-state index in [9.17, 15) is 4.79 Å². The summed E-state index contributed by atoms with van der Waals surface area (Å²) in [6, 6.07) is 7.71. The molecular weight excluding hydrogens is 242 g/mol. The number of nitrogens with one attached hydrogen (secondary N) is 1. The number of amides is 1. The molecular formula is C15H23NO3. The maximum Gasteiger partial charge on any atom is 0.220 e. The fourth-order valence-corrected chi connectivity index (χ4v) is 1.53. The number of hydrogen-bond acceptors (Lipinski definition) is 3. The van der Waals surface area contributed by atoms with Gasteiger partial charge in [0.1, 0.15) is 5.75 Å². The molecule has 0 atom stereocenters. The monoisotopic (exact) mass is 265 g/mol. The molecule has 0 heterocycles. The van der Waals surface area contributed by atoms with Gasteiger partial charge in [-0.25, -0.2) is 0 Å². The lowest BCUT2D eigenvalue weighted by atomic mass is 9.95. The van der Waals surface area contributed by atoms with Crippen LogP contribution in [0.15, 0.2) is 24.3 Å². The van der Waals surface area contributed by atoms with Gasteiger partial charge in [0.15, 0.2) is 0 Å². The molecule has 1 aromatic rings. The molecule has 4 nitrogen and oxygen atoms in total. The number of aliphatic hydroxyl groups excluding tert-OH is 1. The number of hydrogen-bond donors (Lipinski definition) is 2. The highest BCUT2D eigenvalue weighted by Gasteiger charge is 2.17. The Bertz CT molecular complexity index is 398. The standard InChI is InChI=1S/C15H23NO3/c1-15(2,11-17)10-16-14(18)9-6-12-4-7-13(19-3)8-5-12/h4-5,7-8,17H,6,9-11H2,1-3H3,(H,16,18). The predicted octanol–water partition coefficient (Wildman–Crippen LogP) is 1.76. The molecule has 0 fully saturated rings. The summed E-state index contributed by atoms with van der Waals surface area (Å²) in [4.78, 5) is 11.7. The lowest BCUT2D eigenvalue weighted by Gasteiger charge is -2.21. The minimum atomic E-state index is -0.268. The van der Waals surface area contributed by atoms with E-state index in [0.29, 0.717) is 19.4 Å². The van der Waals surface area contributed by atoms with Crippen LogP contribution < -0.4 is 10.1 Å². The Morgan fingerprint density at radius 1 is 1.32 bits per heavy atom. The predicted molar refractivity (Wildman–Crippen MR) is 75.2 cm³/mol. The van der Waals surface area contributed by atoms with Crippen LogP contribution >= 0.6 is 0 Å². The van der Waals surface area contributed by atoms with Crippen molar-refractivity contribution in [1.82, 2.24) is 5.32 Å². The minimum absolute atomic E-state index is 0.0114. The lowest BCUT2D eigenvalue weighted by Crippen LogP contribution is -2.36. The van der Waals surface area contributed by atoms with Crippen molar-refractivity contribution in [2.24, 2.45) is 5.41 Å². The van der Waals surface area contributed by atoms with E-state index in [2.05, 4.69) is 5.32 Å². The number of rotatable bonds is 7. The van der Waals surface area contributed by atoms with Gasteiger partial charge in [-0.3, -0.25) is 4.79 Å². The Labute approximate surface area is 114 Å². The number of aliphatic hydroxyl groups is 1. The summed E-state index contributed by atoms with van der Waals surface area (Å²) >= 11 is 0. The molecule has 0 unspecified atom stereocenters. The lowest BCUT2D eigenvalue weighted by molar-refractivity contribution is -0.121. The van der Waals surface area contributed by atoms with Crippen LogP contribution in [0.2, 0.25) is 0 Å². The molecule has 0 saturated heterocycles. The van der Waals surface area contributed by atoms with Crippen molar-refractivity contribution < 1.29 is 14.6 Å². The SMILES string of the molecule is COc1ccc(CCC(=O)NCC(C)(C)CO)cc1. The van der Waals surface area contributed by atoms with Crippen LogP contribution in [0, 0.1) is 5.41 Å². The number of methoxy groups -OCH3 is 1. The Balaban J connectivity index is 2.33. The van der Waals surface area contributed by atoms with E-state index in [-0.39, 0.29) is 17.9 Å². The summed E-state index contributed by atoms with van der Waals surface area (Å²) < 4.78 is 5.08. The third kappa shape index (κ3) is 5.75. The molecule has 0 aromatic heterocycles. The van der Waals surface area contributed by atoms with Crippen molar-refractivity contribution in [2.75, 3.05) is 20.3 Å². The second-order valence-electron chi connectivity index (χ2n) is 5.45. The van der Waals surface area contributed by atoms with Gasteiger partial charge in [0, 0.05) is 25.0 Å². The summed E-state index contributed by atoms with van der Waals surface area (Å²) in [5, 5.41) is 11.9. The van der Waals surface area contributed by atoms with E-state index in [1.807, 2.05) is 38.1 Å². The van der Waals surface area contributed by atoms with Crippen LogP contribution in [-0.2, 0) is 11.2 Å². The third-order valence-electron chi connectivity index (χ3n) is 2.99. The molecule has 0 radical (unpaired) electrons. The van der Waals surface area contributed by atoms with Crippen LogP contribution in [0.3, 0.4) is 0 Å². The van der Waals surface area contributed by atoms with Crippen LogP contribution in [-0.4, -0.2) is 31.3 Å². The second-order valence-corrected chi connectivity index (χ2v) is 5.45. The quantitative estimate of drug-likeness (QED) is 0.790. The summed E-state index contributed by atoms with van der Waals surface area (Å²) in [5.41, 5.74) is 0.841. The molecule has 106 valence electrons. The van der Waals surface area contributed by atoms with Gasteiger partial charge >= 0.3 is 0 Å². The fraction of sp³-hybridized carbons (Fsp3) is 0.533. The number of ether oxygens (including phenoxy) is 1. The maximum absolute atomic E-state index is 11.7. The van der Waals surface area contributed by atoms with Crippen molar-refractivity contribution in [2.45, 2.75) is 26.7 Å². The zero-order valence-electron chi connectivity index (χ0n) is 11.9. The van der Waals surface area contributed by atoms with E-state index < -0.39 is 0 Å². The van der Waals surface area contributed by atoms with Crippen molar-refractivity contribution in [3.63, 3.8) is 0 Å². The van der Waals surface area contributed by atoms with E-state index in [1.165, 1.54) is 0 Å². The molecule has 2 N–H and O–H groups in total. The average molecular weight is 265 g/mol. The molecule has 1 rings (SSSR count). The largest absolute Gasteiger partial charge is 0.497 e. The molecule has 0 aliphatic heterocycles. The van der Waals surface area contributed by atoms with Crippen LogP contribution in [0.4, 0.5) is 0 Å². The van der Waals surface area contributed by atoms with Gasteiger partial charge in [-0.2, -0.15) is 0 Å². The van der Waals surface area contributed by atoms with Gasteiger partial charge in [0.25, 0.3) is 0 Å². The van der Waals surface area contributed by atoms with E-state index in [4.69, 9.17) is 9.84 Å². The van der Waals surface area contributed by atoms with Crippen molar-refractivity contribution in [3.05, 3.63) is 29.8 Å². The zero-order valence-corrected chi connectivity index (χ0v) is 11.9. The second kappa shape index (κ2) is 7.14. The van der Waals surface area contributed by atoms with Crippen molar-refractivity contribution >= 4 is 5.91 Å². The molecule has 4 heteroatoms. The summed E-state index contributed by atoms with van der Waals surface area (Å²) in [5.74, 6) is 0.829. The first-order chi connectivity index (χ1) is 8.96. The molecule has 1 aromatic carbocycles. The van der Waals surface area contributed by atoms with Gasteiger partial charge in [0.05, 0.1) is 7.11 Å². The summed E-state index contributed by atoms with van der Waals surface area (Å²) in [6.07, 6.45) is 1.16. The Hall–Kier alpha value is -1.55. The van der Waals surface area contributed by atoms with Crippen LogP contribution in [0.5, 0.6) is 5.75 Å². The first-order valence-electron chi connectivity index (χ1n) is 6.47. The van der Waals surface area contributed by atoms with Crippen LogP contribution in [0.25, 0.3) is 0 Å². The van der Waals surface area contributed by atoms with E-state index >= 15 is 0 Å². The highest BCUT2D eigenvalue weighted by molar-refractivity contribution is 5.76. The summed E-state index contributed by atoms with van der Waals surface area (Å²) in [7, 11) is 1.63. The normalized spacial score (nSPS) is 11.2. The first kappa shape index (κ1) is 15.5. The number of aryl methyl sites for hydroxylation is 1. The third-order valence-corrected chi connectivity index (χ3v) is 2.99. The Kier molecular flexibility index (Phi) is 5.83. The topological polar surface area (TPSA) is 58.6 Å². The zero-order chi connectivity index (χ0) is 14.3. The molecule has 0 bridgehead atoms. The van der Waals surface area contributed by atoms with Gasteiger partial charge in [0.2, 0.25) is 5.91 Å². The first-order valence-corrected chi connectivity index (χ1v) is 6.47. The van der Waals surface area contributed by atoms with Crippen molar-refractivity contribution in [1.29, 1.82) is 0 Å². The highest BCUT2D eigenvalue weighted by Crippen LogP contribution is 2.13. The molecule has 0 aliphatic rings. The molecule has 0 saturated carbocycles. The Morgan fingerprint density at radius 2 is 1.95 bits per heavy atom. The number of carbonyl (C=O) groups excluding carboxylic acids is 1. The van der Waals surface area contributed by atoms with Gasteiger partial charge < -0.3 is 15.2 Å². The van der Waals surface area contributed by atoms with E-state index in [0.717, 1.165) is 11.3 Å². The Morgan fingerprint density at radius 3 is 2.47 bits per heavy atom. The number of benzene rings is 1. The van der Waals surface area contributed by atoms with Crippen molar-refractivity contribution in [3.8, 4) is 5.75 Å². The van der Waals surface area contributed by atoms with Gasteiger partial charge in [-0.15, -0.1) is 0 Å². The number of carbonyl (C=O) groups is 1. The fourth-order valence-electron chi connectivity index (χ4n) is 1.53. The van der Waals surface area contributed by atoms with Crippen LogP contribution in [0.1, 0.15) is 25.8 Å². The highest BCUT2D eigenvalue weighted by atomic mass is 16.5. The maximum atomic E-state index is 11.7. The molecule has 0 aliphatic carbocycles. The minimum Gasteiger partial charge on any atom is -0.497 e. The molecule has 1 amide bonds. The van der Waals surface area contributed by atoms with Gasteiger partial charge in [-0.05, 0) is 24.1 Å². The molecule has 0 spiro atoms. The van der Waals surface area contributed by atoms with E-state index in [1.54, 1.807) is 7.11 Å². The molecule has 19 heavy (non-hydrogen) atoms. The summed E-state index contributed by atoms with van der Waals surface area (Å²) in [6.45, 7) is 4.38.